The van der Waals surface area contributed by atoms with Crippen LogP contribution >= 0.6 is 0 Å². The van der Waals surface area contributed by atoms with Crippen molar-refractivity contribution in [3.63, 3.8) is 0 Å². The number of benzene rings is 1. The van der Waals surface area contributed by atoms with Gasteiger partial charge in [-0.1, -0.05) is 12.1 Å². The van der Waals surface area contributed by atoms with E-state index < -0.39 is 21.8 Å². The highest BCUT2D eigenvalue weighted by atomic mass is 32.2. The SMILES string of the molecule is C[C@H](Cc1ccco1)NS(=O)(=O)Cc1ccc(C(F)(F)F)cc1. The molecule has 1 aromatic carbocycles. The van der Waals surface area contributed by atoms with Gasteiger partial charge in [-0.3, -0.25) is 0 Å². The Kier molecular flexibility index (Phi) is 5.16. The molecule has 2 rings (SSSR count). The van der Waals surface area contributed by atoms with E-state index in [4.69, 9.17) is 4.42 Å². The zero-order valence-corrected chi connectivity index (χ0v) is 13.1. The van der Waals surface area contributed by atoms with Crippen molar-refractivity contribution in [1.82, 2.24) is 4.72 Å². The third kappa shape index (κ3) is 5.40. The van der Waals surface area contributed by atoms with Gasteiger partial charge in [-0.2, -0.15) is 13.2 Å². The minimum absolute atomic E-state index is 0.288. The summed E-state index contributed by atoms with van der Waals surface area (Å²) in [6.45, 7) is 1.69. The minimum Gasteiger partial charge on any atom is -0.469 e. The van der Waals surface area contributed by atoms with Crippen molar-refractivity contribution >= 4 is 10.0 Å². The predicted molar refractivity (Wildman–Crippen MR) is 79.1 cm³/mol. The maximum Gasteiger partial charge on any atom is 0.416 e. The van der Waals surface area contributed by atoms with E-state index in [9.17, 15) is 21.6 Å². The molecule has 2 aromatic rings. The minimum atomic E-state index is -4.44. The first-order valence-corrected chi connectivity index (χ1v) is 8.49. The lowest BCUT2D eigenvalue weighted by Gasteiger charge is -2.13. The lowest BCUT2D eigenvalue weighted by atomic mass is 10.1. The smallest absolute Gasteiger partial charge is 0.416 e. The van der Waals surface area contributed by atoms with E-state index in [1.165, 1.54) is 18.4 Å². The maximum atomic E-state index is 12.5. The monoisotopic (exact) mass is 347 g/mol. The number of hydrogen-bond donors (Lipinski definition) is 1. The summed E-state index contributed by atoms with van der Waals surface area (Å²) in [7, 11) is -3.66. The van der Waals surface area contributed by atoms with Crippen molar-refractivity contribution < 1.29 is 26.0 Å². The highest BCUT2D eigenvalue weighted by molar-refractivity contribution is 7.88. The van der Waals surface area contributed by atoms with Gasteiger partial charge in [0.05, 0.1) is 17.6 Å². The summed E-state index contributed by atoms with van der Waals surface area (Å²) in [6, 6.07) is 7.13. The average molecular weight is 347 g/mol. The van der Waals surface area contributed by atoms with Crippen LogP contribution in [0.25, 0.3) is 0 Å². The first-order valence-electron chi connectivity index (χ1n) is 6.84. The van der Waals surface area contributed by atoms with Gasteiger partial charge in [0.15, 0.2) is 0 Å². The molecule has 0 aliphatic heterocycles. The standard InChI is InChI=1S/C15H16F3NO3S/c1-11(9-14-3-2-8-22-14)19-23(20,21)10-12-4-6-13(7-5-12)15(16,17)18/h2-8,11,19H,9-10H2,1H3/t11-/m1/s1. The number of sulfonamides is 1. The van der Waals surface area contributed by atoms with Gasteiger partial charge in [-0.05, 0) is 36.8 Å². The second kappa shape index (κ2) is 6.76. The molecule has 0 aliphatic rings. The lowest BCUT2D eigenvalue weighted by molar-refractivity contribution is -0.137. The summed E-state index contributed by atoms with van der Waals surface area (Å²) in [6.07, 6.45) is -2.55. The van der Waals surface area contributed by atoms with Crippen LogP contribution < -0.4 is 4.72 Å². The van der Waals surface area contributed by atoms with Crippen molar-refractivity contribution in [2.45, 2.75) is 31.3 Å². The molecule has 0 radical (unpaired) electrons. The van der Waals surface area contributed by atoms with Gasteiger partial charge in [-0.25, -0.2) is 13.1 Å². The van der Waals surface area contributed by atoms with Crippen LogP contribution in [-0.2, 0) is 28.4 Å². The quantitative estimate of drug-likeness (QED) is 0.872. The third-order valence-electron chi connectivity index (χ3n) is 3.11. The number of halogens is 3. The molecule has 1 N–H and O–H groups in total. The van der Waals surface area contributed by atoms with E-state index in [-0.39, 0.29) is 17.4 Å². The third-order valence-corrected chi connectivity index (χ3v) is 4.58. The lowest BCUT2D eigenvalue weighted by Crippen LogP contribution is -2.34. The maximum absolute atomic E-state index is 12.5. The van der Waals surface area contributed by atoms with Crippen LogP contribution in [0.4, 0.5) is 13.2 Å². The Balaban J connectivity index is 1.97. The molecule has 4 nitrogen and oxygen atoms in total. The van der Waals surface area contributed by atoms with Crippen LogP contribution in [0.3, 0.4) is 0 Å². The van der Waals surface area contributed by atoms with Crippen LogP contribution in [0.15, 0.2) is 47.1 Å². The zero-order valence-electron chi connectivity index (χ0n) is 12.3. The van der Waals surface area contributed by atoms with Gasteiger partial charge in [0.1, 0.15) is 5.76 Å². The molecule has 1 atom stereocenters. The molecule has 1 heterocycles. The Morgan fingerprint density at radius 3 is 2.35 bits per heavy atom. The van der Waals surface area contributed by atoms with Crippen molar-refractivity contribution in [1.29, 1.82) is 0 Å². The molecule has 0 amide bonds. The fourth-order valence-corrected chi connectivity index (χ4v) is 3.54. The van der Waals surface area contributed by atoms with E-state index in [0.29, 0.717) is 12.2 Å². The molecule has 0 bridgehead atoms. The Morgan fingerprint density at radius 2 is 1.83 bits per heavy atom. The Morgan fingerprint density at radius 1 is 1.17 bits per heavy atom. The highest BCUT2D eigenvalue weighted by Gasteiger charge is 2.30. The van der Waals surface area contributed by atoms with Crippen LogP contribution in [0.2, 0.25) is 0 Å². The normalized spacial score (nSPS) is 13.9. The van der Waals surface area contributed by atoms with Crippen LogP contribution in [-0.4, -0.2) is 14.5 Å². The molecule has 126 valence electrons. The Hall–Kier alpha value is -1.80. The first kappa shape index (κ1) is 17.6. The second-order valence-electron chi connectivity index (χ2n) is 5.26. The number of hydrogen-bond acceptors (Lipinski definition) is 3. The Bertz CT molecular complexity index is 722. The van der Waals surface area contributed by atoms with Crippen molar-refractivity contribution in [2.24, 2.45) is 0 Å². The predicted octanol–water partition coefficient (Wildman–Crippen LogP) is 3.35. The summed E-state index contributed by atoms with van der Waals surface area (Å²) in [4.78, 5) is 0. The summed E-state index contributed by atoms with van der Waals surface area (Å²) >= 11 is 0. The summed E-state index contributed by atoms with van der Waals surface area (Å²) in [5, 5.41) is 0. The summed E-state index contributed by atoms with van der Waals surface area (Å²) < 4.78 is 69.1. The van der Waals surface area contributed by atoms with E-state index in [1.54, 1.807) is 19.1 Å². The molecule has 8 heteroatoms. The Labute approximate surface area is 132 Å². The van der Waals surface area contributed by atoms with E-state index in [2.05, 4.69) is 4.72 Å². The molecule has 0 saturated carbocycles. The van der Waals surface area contributed by atoms with E-state index in [0.717, 1.165) is 12.1 Å². The van der Waals surface area contributed by atoms with Crippen LogP contribution in [0.5, 0.6) is 0 Å². The van der Waals surface area contributed by atoms with Gasteiger partial charge in [0.25, 0.3) is 0 Å². The summed E-state index contributed by atoms with van der Waals surface area (Å²) in [5.74, 6) is 0.267. The first-order chi connectivity index (χ1) is 10.7. The van der Waals surface area contributed by atoms with E-state index in [1.807, 2.05) is 0 Å². The molecule has 0 fully saturated rings. The fourth-order valence-electron chi connectivity index (χ4n) is 2.13. The van der Waals surface area contributed by atoms with Crippen molar-refractivity contribution in [2.75, 3.05) is 0 Å². The zero-order chi connectivity index (χ0) is 17.1. The highest BCUT2D eigenvalue weighted by Crippen LogP contribution is 2.29. The van der Waals surface area contributed by atoms with Gasteiger partial charge >= 0.3 is 6.18 Å². The number of alkyl halides is 3. The average Bonchev–Trinajstić information content (AvgIpc) is 2.89. The number of rotatable bonds is 6. The number of furan rings is 1. The molecule has 23 heavy (non-hydrogen) atoms. The summed E-state index contributed by atoms with van der Waals surface area (Å²) in [5.41, 5.74) is -0.520. The van der Waals surface area contributed by atoms with Crippen LogP contribution in [0.1, 0.15) is 23.8 Å². The van der Waals surface area contributed by atoms with Crippen molar-refractivity contribution in [3.8, 4) is 0 Å². The molecule has 1 aromatic heterocycles. The fraction of sp³-hybridized carbons (Fsp3) is 0.333. The molecule has 0 aliphatic carbocycles. The topological polar surface area (TPSA) is 59.3 Å². The molecule has 0 saturated heterocycles. The van der Waals surface area contributed by atoms with Gasteiger partial charge in [0.2, 0.25) is 10.0 Å². The second-order valence-corrected chi connectivity index (χ2v) is 7.01. The largest absolute Gasteiger partial charge is 0.469 e. The molecule has 0 spiro atoms. The van der Waals surface area contributed by atoms with Gasteiger partial charge in [0, 0.05) is 12.5 Å². The number of nitrogens with one attached hydrogen (secondary N) is 1. The van der Waals surface area contributed by atoms with Gasteiger partial charge < -0.3 is 4.42 Å². The molecular weight excluding hydrogens is 331 g/mol. The van der Waals surface area contributed by atoms with Gasteiger partial charge in [-0.15, -0.1) is 0 Å². The van der Waals surface area contributed by atoms with E-state index >= 15 is 0 Å². The molecular formula is C15H16F3NO3S. The van der Waals surface area contributed by atoms with Crippen LogP contribution in [0, 0.1) is 0 Å². The molecule has 0 unspecified atom stereocenters. The van der Waals surface area contributed by atoms with Crippen molar-refractivity contribution in [3.05, 3.63) is 59.5 Å².